The molecule has 2 aromatic rings. The highest BCUT2D eigenvalue weighted by molar-refractivity contribution is 9.11. The highest BCUT2D eigenvalue weighted by Gasteiger charge is 2.19. The van der Waals surface area contributed by atoms with E-state index >= 15 is 0 Å². The molecule has 0 fully saturated rings. The van der Waals surface area contributed by atoms with Crippen LogP contribution in [-0.2, 0) is 0 Å². The molecule has 1 aromatic heterocycles. The van der Waals surface area contributed by atoms with Gasteiger partial charge in [-0.2, -0.15) is 0 Å². The van der Waals surface area contributed by atoms with Crippen LogP contribution in [0.2, 0.25) is 5.02 Å². The van der Waals surface area contributed by atoms with E-state index in [1.807, 2.05) is 13.0 Å². The number of nitrogens with one attached hydrogen (secondary N) is 1. The van der Waals surface area contributed by atoms with Gasteiger partial charge in [0.25, 0.3) is 0 Å². The number of benzene rings is 1. The minimum atomic E-state index is -0.579. The molecule has 1 nitrogen and oxygen atoms in total. The summed E-state index contributed by atoms with van der Waals surface area (Å²) in [6.07, 6.45) is 0.925. The summed E-state index contributed by atoms with van der Waals surface area (Å²) in [6, 6.07) is 5.11. The van der Waals surface area contributed by atoms with E-state index in [1.165, 1.54) is 23.5 Å². The van der Waals surface area contributed by atoms with Crippen molar-refractivity contribution in [2.45, 2.75) is 19.4 Å². The molecule has 0 aliphatic rings. The summed E-state index contributed by atoms with van der Waals surface area (Å²) in [6.45, 7) is 2.78. The predicted octanol–water partition coefficient (Wildman–Crippen LogP) is 5.53. The van der Waals surface area contributed by atoms with Crippen LogP contribution < -0.4 is 5.32 Å². The van der Waals surface area contributed by atoms with Crippen molar-refractivity contribution < 1.29 is 8.78 Å². The fourth-order valence-corrected chi connectivity index (χ4v) is 3.77. The van der Waals surface area contributed by atoms with Crippen molar-refractivity contribution >= 4 is 38.9 Å². The average Bonchev–Trinajstić information content (AvgIpc) is 2.69. The largest absolute Gasteiger partial charge is 0.306 e. The first-order valence-corrected chi connectivity index (χ1v) is 8.14. The topological polar surface area (TPSA) is 12.0 Å². The first kappa shape index (κ1) is 15.9. The Morgan fingerprint density at radius 3 is 2.40 bits per heavy atom. The Morgan fingerprint density at radius 1 is 1.25 bits per heavy atom. The van der Waals surface area contributed by atoms with Crippen molar-refractivity contribution in [1.29, 1.82) is 0 Å². The van der Waals surface area contributed by atoms with Crippen molar-refractivity contribution in [2.75, 3.05) is 6.54 Å². The van der Waals surface area contributed by atoms with Gasteiger partial charge in [-0.3, -0.25) is 0 Å². The van der Waals surface area contributed by atoms with Gasteiger partial charge in [0, 0.05) is 10.9 Å². The van der Waals surface area contributed by atoms with E-state index in [9.17, 15) is 8.78 Å². The first-order chi connectivity index (χ1) is 9.51. The SMILES string of the molecule is CCCNC(c1cc(F)cc(F)c1)c1cc(Cl)c(Br)s1. The van der Waals surface area contributed by atoms with E-state index in [0.717, 1.165) is 27.7 Å². The number of hydrogen-bond acceptors (Lipinski definition) is 2. The van der Waals surface area contributed by atoms with Crippen LogP contribution in [-0.4, -0.2) is 6.54 Å². The van der Waals surface area contributed by atoms with Gasteiger partial charge in [-0.15, -0.1) is 11.3 Å². The van der Waals surface area contributed by atoms with Gasteiger partial charge in [0.15, 0.2) is 0 Å². The van der Waals surface area contributed by atoms with Crippen LogP contribution >= 0.6 is 38.9 Å². The number of hydrogen-bond donors (Lipinski definition) is 1. The molecule has 1 unspecified atom stereocenters. The van der Waals surface area contributed by atoms with Crippen molar-refractivity contribution in [3.63, 3.8) is 0 Å². The van der Waals surface area contributed by atoms with Crippen LogP contribution in [0, 0.1) is 11.6 Å². The van der Waals surface area contributed by atoms with E-state index < -0.39 is 11.6 Å². The van der Waals surface area contributed by atoms with Crippen LogP contribution in [0.1, 0.15) is 29.8 Å². The molecule has 20 heavy (non-hydrogen) atoms. The molecule has 0 spiro atoms. The van der Waals surface area contributed by atoms with Gasteiger partial charge in [0.1, 0.15) is 11.6 Å². The molecule has 1 aromatic carbocycles. The lowest BCUT2D eigenvalue weighted by atomic mass is 10.0. The van der Waals surface area contributed by atoms with Gasteiger partial charge >= 0.3 is 0 Å². The fourth-order valence-electron chi connectivity index (χ4n) is 1.92. The molecule has 1 N–H and O–H groups in total. The second kappa shape index (κ2) is 6.98. The molecule has 0 aliphatic heterocycles. The summed E-state index contributed by atoms with van der Waals surface area (Å²) in [4.78, 5) is 0.917. The third-order valence-corrected chi connectivity index (χ3v) is 5.30. The summed E-state index contributed by atoms with van der Waals surface area (Å²) in [5.74, 6) is -1.16. The summed E-state index contributed by atoms with van der Waals surface area (Å²) < 4.78 is 27.6. The van der Waals surface area contributed by atoms with Gasteiger partial charge in [-0.25, -0.2) is 8.78 Å². The normalized spacial score (nSPS) is 12.7. The molecule has 0 saturated carbocycles. The third kappa shape index (κ3) is 3.79. The molecule has 2 rings (SSSR count). The average molecular weight is 381 g/mol. The van der Waals surface area contributed by atoms with Crippen molar-refractivity contribution in [3.05, 3.63) is 55.1 Å². The van der Waals surface area contributed by atoms with E-state index in [4.69, 9.17) is 11.6 Å². The zero-order valence-electron chi connectivity index (χ0n) is 10.7. The van der Waals surface area contributed by atoms with Crippen LogP contribution in [0.25, 0.3) is 0 Å². The fraction of sp³-hybridized carbons (Fsp3) is 0.286. The Labute approximate surface area is 134 Å². The van der Waals surface area contributed by atoms with Gasteiger partial charge < -0.3 is 5.32 Å². The van der Waals surface area contributed by atoms with E-state index in [1.54, 1.807) is 0 Å². The molecular formula is C14H13BrClF2NS. The first-order valence-electron chi connectivity index (χ1n) is 6.15. The summed E-state index contributed by atoms with van der Waals surface area (Å²) in [5, 5.41) is 3.90. The maximum absolute atomic E-state index is 13.4. The minimum Gasteiger partial charge on any atom is -0.306 e. The van der Waals surface area contributed by atoms with E-state index in [0.29, 0.717) is 10.6 Å². The van der Waals surface area contributed by atoms with Crippen LogP contribution in [0.4, 0.5) is 8.78 Å². The van der Waals surface area contributed by atoms with E-state index in [2.05, 4.69) is 21.2 Å². The third-order valence-electron chi connectivity index (χ3n) is 2.77. The molecule has 1 atom stereocenters. The molecule has 0 aliphatic carbocycles. The number of thiophene rings is 1. The molecule has 0 saturated heterocycles. The molecule has 0 bridgehead atoms. The van der Waals surface area contributed by atoms with Gasteiger partial charge in [0.2, 0.25) is 0 Å². The zero-order valence-corrected chi connectivity index (χ0v) is 13.9. The Bertz CT molecular complexity index is 563. The quantitative estimate of drug-likeness (QED) is 0.719. The van der Waals surface area contributed by atoms with Crippen LogP contribution in [0.15, 0.2) is 28.1 Å². The number of halogens is 4. The van der Waals surface area contributed by atoms with Crippen molar-refractivity contribution in [2.24, 2.45) is 0 Å². The van der Waals surface area contributed by atoms with Crippen molar-refractivity contribution in [1.82, 2.24) is 5.32 Å². The zero-order chi connectivity index (χ0) is 14.7. The molecule has 0 radical (unpaired) electrons. The smallest absolute Gasteiger partial charge is 0.126 e. The molecule has 108 valence electrons. The second-order valence-electron chi connectivity index (χ2n) is 4.36. The lowest BCUT2D eigenvalue weighted by molar-refractivity contribution is 0.561. The monoisotopic (exact) mass is 379 g/mol. The molecule has 1 heterocycles. The lowest BCUT2D eigenvalue weighted by Crippen LogP contribution is -2.22. The van der Waals surface area contributed by atoms with E-state index in [-0.39, 0.29) is 6.04 Å². The highest BCUT2D eigenvalue weighted by Crippen LogP contribution is 2.37. The van der Waals surface area contributed by atoms with Gasteiger partial charge in [-0.05, 0) is 52.7 Å². The summed E-state index contributed by atoms with van der Waals surface area (Å²) in [7, 11) is 0. The maximum atomic E-state index is 13.4. The minimum absolute atomic E-state index is 0.269. The molecular weight excluding hydrogens is 368 g/mol. The Morgan fingerprint density at radius 2 is 1.90 bits per heavy atom. The highest BCUT2D eigenvalue weighted by atomic mass is 79.9. The summed E-state index contributed by atoms with van der Waals surface area (Å²) in [5.41, 5.74) is 0.557. The van der Waals surface area contributed by atoms with Crippen LogP contribution in [0.3, 0.4) is 0 Å². The Balaban J connectivity index is 2.40. The molecule has 6 heteroatoms. The lowest BCUT2D eigenvalue weighted by Gasteiger charge is -2.18. The summed E-state index contributed by atoms with van der Waals surface area (Å²) >= 11 is 10.9. The van der Waals surface area contributed by atoms with Gasteiger partial charge in [0.05, 0.1) is 14.9 Å². The molecule has 0 amide bonds. The Hall–Kier alpha value is -0.490. The Kier molecular flexibility index (Phi) is 5.55. The standard InChI is InChI=1S/C14H13BrClF2NS/c1-2-3-19-13(12-7-11(16)14(15)20-12)8-4-9(17)6-10(18)5-8/h4-7,13,19H,2-3H2,1H3. The predicted molar refractivity (Wildman–Crippen MR) is 83.5 cm³/mol. The number of rotatable bonds is 5. The van der Waals surface area contributed by atoms with Gasteiger partial charge in [-0.1, -0.05) is 18.5 Å². The maximum Gasteiger partial charge on any atom is 0.126 e. The second-order valence-corrected chi connectivity index (χ2v) is 7.17. The van der Waals surface area contributed by atoms with Crippen molar-refractivity contribution in [3.8, 4) is 0 Å². The van der Waals surface area contributed by atoms with Crippen LogP contribution in [0.5, 0.6) is 0 Å².